The van der Waals surface area contributed by atoms with Crippen LogP contribution in [-0.2, 0) is 4.79 Å². The number of likely N-dealkylation sites (tertiary alicyclic amines) is 1. The zero-order valence-electron chi connectivity index (χ0n) is 10.4. The van der Waals surface area contributed by atoms with Crippen molar-refractivity contribution in [2.75, 3.05) is 19.6 Å². The fraction of sp³-hybridized carbons (Fsp3) is 0.769. The molecule has 1 N–H and O–H groups in total. The molecule has 1 amide bonds. The van der Waals surface area contributed by atoms with Crippen molar-refractivity contribution in [1.82, 2.24) is 10.2 Å². The smallest absolute Gasteiger partial charge is 0.249 e. The number of carbonyl (C=O) groups excluding carboxylic acids is 1. The molecule has 2 fully saturated rings. The Hall–Kier alpha value is -0.830. The molecule has 2 aliphatic rings. The quantitative estimate of drug-likeness (QED) is 0.685. The molecular weight excluding hydrogens is 200 g/mol. The summed E-state index contributed by atoms with van der Waals surface area (Å²) < 4.78 is 0. The zero-order chi connectivity index (χ0) is 11.5. The maximum absolute atomic E-state index is 12.3. The molecule has 0 aliphatic carbocycles. The van der Waals surface area contributed by atoms with Gasteiger partial charge in [0.15, 0.2) is 0 Å². The van der Waals surface area contributed by atoms with Crippen molar-refractivity contribution in [3.8, 4) is 0 Å². The van der Waals surface area contributed by atoms with Crippen LogP contribution < -0.4 is 5.32 Å². The van der Waals surface area contributed by atoms with E-state index in [1.807, 2.05) is 6.92 Å². The Balaban J connectivity index is 2.07. The minimum absolute atomic E-state index is 0.269. The molecule has 3 heteroatoms. The van der Waals surface area contributed by atoms with E-state index in [-0.39, 0.29) is 5.91 Å². The minimum Gasteiger partial charge on any atom is -0.336 e. The second kappa shape index (κ2) is 5.00. The molecule has 0 aromatic rings. The van der Waals surface area contributed by atoms with Crippen LogP contribution in [0, 0.1) is 0 Å². The Morgan fingerprint density at radius 2 is 2.06 bits per heavy atom. The highest BCUT2D eigenvalue weighted by molar-refractivity contribution is 5.94. The topological polar surface area (TPSA) is 32.3 Å². The van der Waals surface area contributed by atoms with Gasteiger partial charge in [-0.25, -0.2) is 0 Å². The first kappa shape index (κ1) is 11.6. The lowest BCUT2D eigenvalue weighted by atomic mass is 10.0. The van der Waals surface area contributed by atoms with Gasteiger partial charge in [-0.15, -0.1) is 0 Å². The molecule has 0 radical (unpaired) electrons. The summed E-state index contributed by atoms with van der Waals surface area (Å²) in [6.45, 7) is 6.91. The molecule has 1 unspecified atom stereocenters. The first-order valence-electron chi connectivity index (χ1n) is 6.40. The highest BCUT2D eigenvalue weighted by Crippen LogP contribution is 2.20. The summed E-state index contributed by atoms with van der Waals surface area (Å²) in [4.78, 5) is 14.4. The van der Waals surface area contributed by atoms with E-state index in [1.165, 1.54) is 18.4 Å². The third-order valence-corrected chi connectivity index (χ3v) is 3.84. The first-order valence-corrected chi connectivity index (χ1v) is 6.40. The predicted molar refractivity (Wildman–Crippen MR) is 65.2 cm³/mol. The van der Waals surface area contributed by atoms with Gasteiger partial charge in [-0.2, -0.15) is 0 Å². The number of nitrogens with one attached hydrogen (secondary N) is 1. The Morgan fingerprint density at radius 3 is 2.69 bits per heavy atom. The zero-order valence-corrected chi connectivity index (χ0v) is 10.4. The Labute approximate surface area is 97.9 Å². The average molecular weight is 222 g/mol. The van der Waals surface area contributed by atoms with Crippen LogP contribution in [0.4, 0.5) is 0 Å². The van der Waals surface area contributed by atoms with Gasteiger partial charge in [-0.05, 0) is 32.3 Å². The second-order valence-electron chi connectivity index (χ2n) is 5.03. The van der Waals surface area contributed by atoms with E-state index in [0.29, 0.717) is 6.04 Å². The molecule has 0 spiro atoms. The van der Waals surface area contributed by atoms with E-state index < -0.39 is 0 Å². The maximum atomic E-state index is 12.3. The molecule has 0 bridgehead atoms. The van der Waals surface area contributed by atoms with Crippen molar-refractivity contribution in [3.63, 3.8) is 0 Å². The standard InChI is InChI=1S/C13H22N2O/c1-10-6-4-3-5-7-15(10)13(16)11(2)12-8-14-9-12/h10,14H,3-9H2,1-2H3. The normalized spacial score (nSPS) is 26.0. The van der Waals surface area contributed by atoms with Gasteiger partial charge >= 0.3 is 0 Å². The predicted octanol–water partition coefficient (Wildman–Crippen LogP) is 1.70. The lowest BCUT2D eigenvalue weighted by molar-refractivity contribution is -0.129. The van der Waals surface area contributed by atoms with E-state index in [2.05, 4.69) is 17.1 Å². The van der Waals surface area contributed by atoms with Crippen LogP contribution >= 0.6 is 0 Å². The van der Waals surface area contributed by atoms with Gasteiger partial charge in [-0.3, -0.25) is 4.79 Å². The molecule has 2 heterocycles. The van der Waals surface area contributed by atoms with Crippen LogP contribution in [-0.4, -0.2) is 36.5 Å². The van der Waals surface area contributed by atoms with E-state index in [9.17, 15) is 4.79 Å². The van der Waals surface area contributed by atoms with Crippen LogP contribution in [0.15, 0.2) is 11.1 Å². The molecule has 0 saturated carbocycles. The van der Waals surface area contributed by atoms with E-state index in [1.54, 1.807) is 0 Å². The largest absolute Gasteiger partial charge is 0.336 e. The van der Waals surface area contributed by atoms with Crippen molar-refractivity contribution in [2.45, 2.75) is 45.6 Å². The van der Waals surface area contributed by atoms with Crippen molar-refractivity contribution in [3.05, 3.63) is 11.1 Å². The molecule has 0 aromatic carbocycles. The van der Waals surface area contributed by atoms with Gasteiger partial charge in [-0.1, -0.05) is 12.8 Å². The highest BCUT2D eigenvalue weighted by atomic mass is 16.2. The third-order valence-electron chi connectivity index (χ3n) is 3.84. The lowest BCUT2D eigenvalue weighted by Crippen LogP contribution is -2.42. The first-order chi connectivity index (χ1) is 7.70. The summed E-state index contributed by atoms with van der Waals surface area (Å²) in [5, 5.41) is 3.19. The van der Waals surface area contributed by atoms with Crippen molar-refractivity contribution in [2.24, 2.45) is 0 Å². The minimum atomic E-state index is 0.269. The molecule has 2 aliphatic heterocycles. The monoisotopic (exact) mass is 222 g/mol. The Bertz CT molecular complexity index is 303. The summed E-state index contributed by atoms with van der Waals surface area (Å²) in [6.07, 6.45) is 4.86. The van der Waals surface area contributed by atoms with Crippen LogP contribution in [0.25, 0.3) is 0 Å². The SMILES string of the molecule is CC(C(=O)N1CCCCCC1C)=C1CNC1. The van der Waals surface area contributed by atoms with Crippen LogP contribution in [0.3, 0.4) is 0 Å². The summed E-state index contributed by atoms with van der Waals surface area (Å²) in [6, 6.07) is 0.415. The lowest BCUT2D eigenvalue weighted by Gasteiger charge is -2.30. The summed E-state index contributed by atoms with van der Waals surface area (Å²) in [5.41, 5.74) is 2.27. The number of carbonyl (C=O) groups is 1. The maximum Gasteiger partial charge on any atom is 0.249 e. The van der Waals surface area contributed by atoms with Gasteiger partial charge in [0.05, 0.1) is 0 Å². The summed E-state index contributed by atoms with van der Waals surface area (Å²) in [5.74, 6) is 0.269. The Morgan fingerprint density at radius 1 is 1.31 bits per heavy atom. The molecule has 2 rings (SSSR count). The van der Waals surface area contributed by atoms with Gasteiger partial charge < -0.3 is 10.2 Å². The van der Waals surface area contributed by atoms with Crippen LogP contribution in [0.1, 0.15) is 39.5 Å². The average Bonchev–Trinajstić information content (AvgIpc) is 2.39. The highest BCUT2D eigenvalue weighted by Gasteiger charge is 2.25. The number of amides is 1. The van der Waals surface area contributed by atoms with Gasteiger partial charge in [0, 0.05) is 31.2 Å². The number of rotatable bonds is 1. The van der Waals surface area contributed by atoms with Crippen LogP contribution in [0.2, 0.25) is 0 Å². The molecule has 1 atom stereocenters. The van der Waals surface area contributed by atoms with E-state index in [4.69, 9.17) is 0 Å². The van der Waals surface area contributed by atoms with Gasteiger partial charge in [0.2, 0.25) is 5.91 Å². The molecule has 16 heavy (non-hydrogen) atoms. The molecular formula is C13H22N2O. The molecule has 3 nitrogen and oxygen atoms in total. The number of hydrogen-bond donors (Lipinski definition) is 1. The fourth-order valence-electron chi connectivity index (χ4n) is 2.46. The number of hydrogen-bond acceptors (Lipinski definition) is 2. The second-order valence-corrected chi connectivity index (χ2v) is 5.03. The van der Waals surface area contributed by atoms with Crippen molar-refractivity contribution in [1.29, 1.82) is 0 Å². The summed E-state index contributed by atoms with van der Waals surface area (Å²) in [7, 11) is 0. The van der Waals surface area contributed by atoms with Crippen molar-refractivity contribution < 1.29 is 4.79 Å². The van der Waals surface area contributed by atoms with E-state index >= 15 is 0 Å². The van der Waals surface area contributed by atoms with Crippen molar-refractivity contribution >= 4 is 5.91 Å². The van der Waals surface area contributed by atoms with Gasteiger partial charge in [0.25, 0.3) is 0 Å². The fourth-order valence-corrected chi connectivity index (χ4v) is 2.46. The van der Waals surface area contributed by atoms with Crippen LogP contribution in [0.5, 0.6) is 0 Å². The summed E-state index contributed by atoms with van der Waals surface area (Å²) >= 11 is 0. The van der Waals surface area contributed by atoms with E-state index in [0.717, 1.165) is 38.0 Å². The number of nitrogens with zero attached hydrogens (tertiary/aromatic N) is 1. The molecule has 2 saturated heterocycles. The third kappa shape index (κ3) is 2.29. The molecule has 90 valence electrons. The Kier molecular flexibility index (Phi) is 3.64. The molecule has 0 aromatic heterocycles. The van der Waals surface area contributed by atoms with Gasteiger partial charge in [0.1, 0.15) is 0 Å².